The normalized spacial score (nSPS) is 26.3. The molecule has 1 fully saturated rings. The van der Waals surface area contributed by atoms with Crippen LogP contribution in [0, 0.1) is 11.8 Å². The van der Waals surface area contributed by atoms with Crippen molar-refractivity contribution in [1.82, 2.24) is 10.2 Å². The summed E-state index contributed by atoms with van der Waals surface area (Å²) in [4.78, 5) is 40.8. The molecule has 1 heterocycles. The van der Waals surface area contributed by atoms with Gasteiger partial charge < -0.3 is 35.9 Å². The number of hydrogen-bond acceptors (Lipinski definition) is 10. The van der Waals surface area contributed by atoms with E-state index in [-0.39, 0.29) is 35.3 Å². The molecule has 0 unspecified atom stereocenters. The van der Waals surface area contributed by atoms with Crippen LogP contribution in [0.4, 0.5) is 0 Å². The molecule has 0 saturated heterocycles. The number of carbonyl (C=O) groups excluding carboxylic acids is 3. The van der Waals surface area contributed by atoms with Gasteiger partial charge in [-0.25, -0.2) is 0 Å². The zero-order valence-corrected chi connectivity index (χ0v) is 23.6. The van der Waals surface area contributed by atoms with E-state index in [0.29, 0.717) is 29.2 Å². The van der Waals surface area contributed by atoms with Crippen LogP contribution in [0.2, 0.25) is 0 Å². The maximum absolute atomic E-state index is 14.0. The topological polar surface area (TPSA) is 187 Å². The smallest absolute Gasteiger partial charge is 0.255 e. The number of ketones is 2. The number of aromatic hydroxyl groups is 1. The number of benzene rings is 1. The lowest BCUT2D eigenvalue weighted by Gasteiger charge is -2.50. The molecular weight excluding hydrogens is 530 g/mol. The zero-order valence-electron chi connectivity index (χ0n) is 23.6. The molecule has 1 aromatic carbocycles. The molecule has 7 N–H and O–H groups in total. The van der Waals surface area contributed by atoms with Crippen molar-refractivity contribution in [3.8, 4) is 17.1 Å². The highest BCUT2D eigenvalue weighted by atomic mass is 16.4. The molecule has 1 saturated carbocycles. The van der Waals surface area contributed by atoms with E-state index in [1.165, 1.54) is 11.0 Å². The number of phenols is 1. The Balaban J connectivity index is 1.64. The molecule has 0 spiro atoms. The fraction of sp³-hybridized carbons (Fsp3) is 0.433. The van der Waals surface area contributed by atoms with Crippen molar-refractivity contribution < 1.29 is 39.2 Å². The average molecular weight is 566 g/mol. The Morgan fingerprint density at radius 3 is 2.44 bits per heavy atom. The molecule has 2 aromatic rings. The Kier molecular flexibility index (Phi) is 6.68. The van der Waals surface area contributed by atoms with Crippen LogP contribution >= 0.6 is 0 Å². The Labute approximate surface area is 236 Å². The lowest BCUT2D eigenvalue weighted by molar-refractivity contribution is -0.153. The van der Waals surface area contributed by atoms with Crippen molar-refractivity contribution in [3.05, 3.63) is 58.1 Å². The molecule has 3 aliphatic carbocycles. The molecule has 41 heavy (non-hydrogen) atoms. The fourth-order valence-corrected chi connectivity index (χ4v) is 6.44. The van der Waals surface area contributed by atoms with Gasteiger partial charge in [0.05, 0.1) is 18.2 Å². The van der Waals surface area contributed by atoms with Crippen LogP contribution in [-0.4, -0.2) is 74.1 Å². The molecule has 0 aliphatic heterocycles. The van der Waals surface area contributed by atoms with Gasteiger partial charge in [0, 0.05) is 22.6 Å². The first-order chi connectivity index (χ1) is 19.1. The Morgan fingerprint density at radius 2 is 1.83 bits per heavy atom. The number of carbonyl (C=O) groups is 3. The van der Waals surface area contributed by atoms with Gasteiger partial charge in [-0.2, -0.15) is 0 Å². The van der Waals surface area contributed by atoms with E-state index in [4.69, 9.17) is 10.2 Å². The number of likely N-dealkylation sites (N-methyl/N-ethyl adjacent to an activating group) is 1. The molecule has 1 amide bonds. The molecule has 218 valence electrons. The summed E-state index contributed by atoms with van der Waals surface area (Å²) in [7, 11) is 3.12. The monoisotopic (exact) mass is 565 g/mol. The summed E-state index contributed by atoms with van der Waals surface area (Å²) in [6.45, 7) is 6.60. The molecule has 0 radical (unpaired) electrons. The number of hydrogen-bond donors (Lipinski definition) is 6. The third-order valence-electron chi connectivity index (χ3n) is 8.32. The maximum atomic E-state index is 14.0. The number of primary amides is 1. The Morgan fingerprint density at radius 1 is 1.15 bits per heavy atom. The predicted molar refractivity (Wildman–Crippen MR) is 149 cm³/mol. The summed E-state index contributed by atoms with van der Waals surface area (Å²) < 4.78 is 6.09. The molecule has 1 aromatic heterocycles. The number of nitrogens with one attached hydrogen (secondary N) is 1. The number of rotatable bonds is 5. The van der Waals surface area contributed by atoms with Crippen LogP contribution in [0.5, 0.6) is 5.75 Å². The highest BCUT2D eigenvalue weighted by Crippen LogP contribution is 2.53. The van der Waals surface area contributed by atoms with Crippen molar-refractivity contribution in [3.63, 3.8) is 0 Å². The second-order valence-electron chi connectivity index (χ2n) is 12.3. The SMILES string of the molecule is CN(C)[C@H]1C(=O)C(C(N)=O)=C(O)[C@@]2(O)C(=O)C3=C(O)c4c(O)ccc(-c5ccc(CNC(C)(C)C)o5)c4C[C@H]3C[C@@H]12. The standard InChI is InChI=1S/C30H35N3O8/c1-29(2,3)32-12-14-6-9-19(41-14)15-7-8-18(34)21-16(15)10-13-11-17-23(33(4)5)25(36)22(28(31)39)27(38)30(17,40)26(37)20(13)24(21)35/h6-9,13,17,23,32,34-35,38,40H,10-12H2,1-5H3,(H2,31,39)/t13-,17-,23+,30-/m0/s1. The van der Waals surface area contributed by atoms with Gasteiger partial charge in [0.15, 0.2) is 11.4 Å². The summed E-state index contributed by atoms with van der Waals surface area (Å²) in [6, 6.07) is 5.55. The number of amides is 1. The van der Waals surface area contributed by atoms with Gasteiger partial charge in [0.25, 0.3) is 5.91 Å². The second-order valence-corrected chi connectivity index (χ2v) is 12.3. The summed E-state index contributed by atoms with van der Waals surface area (Å²) in [5.74, 6) is -5.65. The number of nitrogens with zero attached hydrogens (tertiary/aromatic N) is 1. The third-order valence-corrected chi connectivity index (χ3v) is 8.32. The summed E-state index contributed by atoms with van der Waals surface area (Å²) >= 11 is 0. The van der Waals surface area contributed by atoms with Gasteiger partial charge in [-0.05, 0) is 83.5 Å². The van der Waals surface area contributed by atoms with E-state index in [1.807, 2.05) is 26.8 Å². The minimum absolute atomic E-state index is 0.0137. The second kappa shape index (κ2) is 9.57. The number of aliphatic hydroxyl groups excluding tert-OH is 2. The number of aliphatic hydroxyl groups is 3. The summed E-state index contributed by atoms with van der Waals surface area (Å²) in [6.07, 6.45) is 0.189. The van der Waals surface area contributed by atoms with Crippen LogP contribution in [-0.2, 0) is 27.3 Å². The molecule has 3 aliphatic rings. The van der Waals surface area contributed by atoms with Gasteiger partial charge in [-0.15, -0.1) is 0 Å². The van der Waals surface area contributed by atoms with Gasteiger partial charge in [-0.3, -0.25) is 19.3 Å². The van der Waals surface area contributed by atoms with Gasteiger partial charge in [-0.1, -0.05) is 0 Å². The summed E-state index contributed by atoms with van der Waals surface area (Å²) in [5.41, 5.74) is 2.70. The quantitative estimate of drug-likeness (QED) is 0.293. The third kappa shape index (κ3) is 4.35. The molecule has 11 nitrogen and oxygen atoms in total. The van der Waals surface area contributed by atoms with Gasteiger partial charge in [0.1, 0.15) is 34.4 Å². The van der Waals surface area contributed by atoms with Crippen molar-refractivity contribution >= 4 is 23.2 Å². The maximum Gasteiger partial charge on any atom is 0.255 e. The lowest BCUT2D eigenvalue weighted by Crippen LogP contribution is -2.65. The number of fused-ring (bicyclic) bond motifs is 3. The van der Waals surface area contributed by atoms with Crippen LogP contribution in [0.3, 0.4) is 0 Å². The molecule has 11 heteroatoms. The van der Waals surface area contributed by atoms with Crippen LogP contribution < -0.4 is 11.1 Å². The van der Waals surface area contributed by atoms with E-state index in [0.717, 1.165) is 0 Å². The first-order valence-corrected chi connectivity index (χ1v) is 13.4. The van der Waals surface area contributed by atoms with E-state index in [9.17, 15) is 34.8 Å². The minimum Gasteiger partial charge on any atom is -0.508 e. The van der Waals surface area contributed by atoms with Crippen molar-refractivity contribution in [1.29, 1.82) is 0 Å². The Bertz CT molecular complexity index is 1540. The molecule has 5 rings (SSSR count). The largest absolute Gasteiger partial charge is 0.508 e. The highest BCUT2D eigenvalue weighted by molar-refractivity contribution is 6.24. The molecule has 4 atom stereocenters. The van der Waals surface area contributed by atoms with Gasteiger partial charge in [0.2, 0.25) is 5.78 Å². The minimum atomic E-state index is -2.67. The van der Waals surface area contributed by atoms with E-state index in [1.54, 1.807) is 26.2 Å². The highest BCUT2D eigenvalue weighted by Gasteiger charge is 2.64. The van der Waals surface area contributed by atoms with Crippen molar-refractivity contribution in [2.45, 2.75) is 57.3 Å². The van der Waals surface area contributed by atoms with Crippen LogP contribution in [0.25, 0.3) is 17.1 Å². The number of furan rings is 1. The van der Waals surface area contributed by atoms with Gasteiger partial charge >= 0.3 is 0 Å². The summed E-state index contributed by atoms with van der Waals surface area (Å²) in [5, 5.41) is 48.3. The lowest BCUT2D eigenvalue weighted by atomic mass is 9.57. The van der Waals surface area contributed by atoms with Crippen molar-refractivity contribution in [2.75, 3.05) is 14.1 Å². The van der Waals surface area contributed by atoms with Crippen molar-refractivity contribution in [2.24, 2.45) is 17.6 Å². The zero-order chi connectivity index (χ0) is 30.2. The first-order valence-electron chi connectivity index (χ1n) is 13.4. The van der Waals surface area contributed by atoms with E-state index < -0.39 is 58.0 Å². The predicted octanol–water partition coefficient (Wildman–Crippen LogP) is 2.11. The van der Waals surface area contributed by atoms with E-state index >= 15 is 0 Å². The average Bonchev–Trinajstić information content (AvgIpc) is 3.33. The number of nitrogens with two attached hydrogens (primary N) is 1. The van der Waals surface area contributed by atoms with E-state index in [2.05, 4.69) is 5.32 Å². The number of Topliss-reactive ketones (excluding diaryl/α,β-unsaturated/α-hetero) is 2. The fourth-order valence-electron chi connectivity index (χ4n) is 6.44. The molecular formula is C30H35N3O8. The van der Waals surface area contributed by atoms with Crippen LogP contribution in [0.15, 0.2) is 45.6 Å². The first kappa shape index (κ1) is 28.6. The molecule has 0 bridgehead atoms. The van der Waals surface area contributed by atoms with Crippen LogP contribution in [0.1, 0.15) is 44.1 Å². The Hall–Kier alpha value is -3.93. The number of phenolic OH excluding ortho intramolecular Hbond substituents is 1.